The monoisotopic (exact) mass is 536 g/mol. The molecule has 0 aliphatic heterocycles. The molecule has 0 aromatic rings. The zero-order chi connectivity index (χ0) is 27.9. The van der Waals surface area contributed by atoms with E-state index >= 15 is 0 Å². The van der Waals surface area contributed by atoms with Crippen LogP contribution in [0, 0.1) is 0 Å². The fourth-order valence-electron chi connectivity index (χ4n) is 4.98. The molecule has 4 nitrogen and oxygen atoms in total. The molecule has 0 spiro atoms. The summed E-state index contributed by atoms with van der Waals surface area (Å²) in [6.45, 7) is 4.52. The number of carbonyl (C=O) groups is 2. The van der Waals surface area contributed by atoms with Crippen molar-refractivity contribution in [3.05, 3.63) is 12.2 Å². The Morgan fingerprint density at radius 1 is 0.579 bits per heavy atom. The van der Waals surface area contributed by atoms with Gasteiger partial charge in [-0.3, -0.25) is 9.59 Å². The van der Waals surface area contributed by atoms with Crippen molar-refractivity contribution in [1.29, 1.82) is 0 Å². The van der Waals surface area contributed by atoms with Crippen LogP contribution in [0.15, 0.2) is 12.2 Å². The van der Waals surface area contributed by atoms with Gasteiger partial charge in [-0.15, -0.1) is 0 Å². The fraction of sp³-hybridized carbons (Fsp3) is 0.882. The first-order valence-electron chi connectivity index (χ1n) is 16.7. The Labute approximate surface area is 236 Å². The lowest BCUT2D eigenvalue weighted by Crippen LogP contribution is -2.16. The molecule has 0 rings (SSSR count). The Morgan fingerprint density at radius 3 is 1.50 bits per heavy atom. The zero-order valence-electron chi connectivity index (χ0n) is 25.5. The molecule has 1 unspecified atom stereocenters. The van der Waals surface area contributed by atoms with Crippen molar-refractivity contribution >= 4 is 11.9 Å². The maximum absolute atomic E-state index is 12.5. The predicted molar refractivity (Wildman–Crippen MR) is 163 cm³/mol. The average Bonchev–Trinajstić information content (AvgIpc) is 2.89. The maximum Gasteiger partial charge on any atom is 0.306 e. The molecule has 1 atom stereocenters. The van der Waals surface area contributed by atoms with Gasteiger partial charge in [-0.1, -0.05) is 142 Å². The summed E-state index contributed by atoms with van der Waals surface area (Å²) in [6, 6.07) is 0. The van der Waals surface area contributed by atoms with Crippen molar-refractivity contribution in [2.24, 2.45) is 0 Å². The summed E-state index contributed by atoms with van der Waals surface area (Å²) in [7, 11) is 0. The summed E-state index contributed by atoms with van der Waals surface area (Å²) in [5, 5.41) is 8.79. The van der Waals surface area contributed by atoms with Gasteiger partial charge in [-0.05, 0) is 44.6 Å². The summed E-state index contributed by atoms with van der Waals surface area (Å²) in [4.78, 5) is 23.2. The molecule has 0 aliphatic rings. The first-order chi connectivity index (χ1) is 18.6. The quantitative estimate of drug-likeness (QED) is 0.0563. The molecule has 38 heavy (non-hydrogen) atoms. The zero-order valence-corrected chi connectivity index (χ0v) is 25.5. The minimum atomic E-state index is -0.720. The van der Waals surface area contributed by atoms with E-state index in [1.54, 1.807) is 0 Å². The van der Waals surface area contributed by atoms with Gasteiger partial charge in [0, 0.05) is 12.8 Å². The summed E-state index contributed by atoms with van der Waals surface area (Å²) >= 11 is 0. The van der Waals surface area contributed by atoms with E-state index in [-0.39, 0.29) is 18.5 Å². The fourth-order valence-corrected chi connectivity index (χ4v) is 4.98. The molecule has 0 aliphatic carbocycles. The number of rotatable bonds is 30. The molecule has 0 saturated heterocycles. The number of carboxylic acid groups (broad SMARTS) is 1. The van der Waals surface area contributed by atoms with Gasteiger partial charge in [0.15, 0.2) is 0 Å². The highest BCUT2D eigenvalue weighted by Crippen LogP contribution is 2.16. The van der Waals surface area contributed by atoms with Crippen molar-refractivity contribution in [2.75, 3.05) is 0 Å². The van der Waals surface area contributed by atoms with E-state index in [9.17, 15) is 9.59 Å². The largest absolute Gasteiger partial charge is 0.481 e. The molecular weight excluding hydrogens is 472 g/mol. The van der Waals surface area contributed by atoms with E-state index in [1.165, 1.54) is 109 Å². The average molecular weight is 537 g/mol. The standard InChI is InChI=1S/C34H64O4/c1-3-5-7-9-11-13-14-15-17-19-21-27-31-34(37)38-32(29-25-22-23-26-30-33(35)36)28-24-20-18-16-12-10-8-6-4-2/h24,28,32H,3-23,25-27,29-31H2,1-2H3,(H,35,36)/b28-24-. The van der Waals surface area contributed by atoms with Gasteiger partial charge < -0.3 is 9.84 Å². The number of hydrogen-bond donors (Lipinski definition) is 1. The van der Waals surface area contributed by atoms with Gasteiger partial charge in [0.25, 0.3) is 0 Å². The van der Waals surface area contributed by atoms with Crippen LogP contribution in [-0.4, -0.2) is 23.1 Å². The molecule has 0 fully saturated rings. The first-order valence-corrected chi connectivity index (χ1v) is 16.7. The molecule has 0 bridgehead atoms. The molecule has 224 valence electrons. The normalized spacial score (nSPS) is 12.3. The molecule has 0 aromatic carbocycles. The smallest absolute Gasteiger partial charge is 0.306 e. The predicted octanol–water partition coefficient (Wildman–Crippen LogP) is 11.1. The van der Waals surface area contributed by atoms with E-state index in [0.717, 1.165) is 51.4 Å². The van der Waals surface area contributed by atoms with E-state index in [1.807, 2.05) is 0 Å². The summed E-state index contributed by atoms with van der Waals surface area (Å²) < 4.78 is 5.85. The molecule has 0 radical (unpaired) electrons. The third kappa shape index (κ3) is 29.2. The molecule has 1 N–H and O–H groups in total. The number of carbonyl (C=O) groups excluding carboxylic acids is 1. The van der Waals surface area contributed by atoms with Gasteiger partial charge >= 0.3 is 11.9 Å². The lowest BCUT2D eigenvalue weighted by molar-refractivity contribution is -0.147. The number of allylic oxidation sites excluding steroid dienone is 1. The number of unbranched alkanes of at least 4 members (excludes halogenated alkanes) is 21. The van der Waals surface area contributed by atoms with Gasteiger partial charge in [0.05, 0.1) is 0 Å². The highest BCUT2D eigenvalue weighted by Gasteiger charge is 2.11. The van der Waals surface area contributed by atoms with E-state index < -0.39 is 5.97 Å². The number of ether oxygens (including phenoxy) is 1. The van der Waals surface area contributed by atoms with Gasteiger partial charge in [0.1, 0.15) is 6.10 Å². The summed E-state index contributed by atoms with van der Waals surface area (Å²) in [5.74, 6) is -0.781. The second-order valence-electron chi connectivity index (χ2n) is 11.4. The summed E-state index contributed by atoms with van der Waals surface area (Å²) in [6.07, 6.45) is 35.1. The van der Waals surface area contributed by atoms with Crippen molar-refractivity contribution in [3.8, 4) is 0 Å². The van der Waals surface area contributed by atoms with Crippen LogP contribution >= 0.6 is 0 Å². The summed E-state index contributed by atoms with van der Waals surface area (Å²) in [5.41, 5.74) is 0. The van der Waals surface area contributed by atoms with Crippen LogP contribution < -0.4 is 0 Å². The lowest BCUT2D eigenvalue weighted by Gasteiger charge is -2.15. The van der Waals surface area contributed by atoms with Gasteiger partial charge in [-0.25, -0.2) is 0 Å². The van der Waals surface area contributed by atoms with Crippen LogP contribution in [0.4, 0.5) is 0 Å². The van der Waals surface area contributed by atoms with Crippen molar-refractivity contribution in [1.82, 2.24) is 0 Å². The third-order valence-corrected chi connectivity index (χ3v) is 7.47. The van der Waals surface area contributed by atoms with Crippen molar-refractivity contribution in [3.63, 3.8) is 0 Å². The molecule has 0 aromatic heterocycles. The van der Waals surface area contributed by atoms with Gasteiger partial charge in [-0.2, -0.15) is 0 Å². The Morgan fingerprint density at radius 2 is 1.00 bits per heavy atom. The van der Waals surface area contributed by atoms with E-state index in [2.05, 4.69) is 26.0 Å². The highest BCUT2D eigenvalue weighted by atomic mass is 16.5. The van der Waals surface area contributed by atoms with E-state index in [4.69, 9.17) is 9.84 Å². The second-order valence-corrected chi connectivity index (χ2v) is 11.4. The highest BCUT2D eigenvalue weighted by molar-refractivity contribution is 5.69. The minimum Gasteiger partial charge on any atom is -0.481 e. The van der Waals surface area contributed by atoms with Gasteiger partial charge in [0.2, 0.25) is 0 Å². The number of hydrogen-bond acceptors (Lipinski definition) is 3. The first kappa shape index (κ1) is 36.7. The topological polar surface area (TPSA) is 63.6 Å². The lowest BCUT2D eigenvalue weighted by atomic mass is 10.0. The van der Waals surface area contributed by atoms with Crippen molar-refractivity contribution in [2.45, 2.75) is 193 Å². The number of esters is 1. The Bertz CT molecular complexity index is 543. The molecule has 4 heteroatoms. The molecule has 0 amide bonds. The SMILES string of the molecule is CCCCCCCCC/C=C\C(CCCCCCC(=O)O)OC(=O)CCCCCCCCCCCCCC. The van der Waals surface area contributed by atoms with Crippen LogP contribution in [0.25, 0.3) is 0 Å². The Balaban J connectivity index is 4.06. The van der Waals surface area contributed by atoms with Crippen LogP contribution in [0.3, 0.4) is 0 Å². The Hall–Kier alpha value is -1.32. The molecule has 0 saturated carbocycles. The van der Waals surface area contributed by atoms with Crippen LogP contribution in [0.2, 0.25) is 0 Å². The third-order valence-electron chi connectivity index (χ3n) is 7.47. The van der Waals surface area contributed by atoms with Crippen LogP contribution in [0.1, 0.15) is 187 Å². The number of aliphatic carboxylic acids is 1. The molecular formula is C34H64O4. The Kier molecular flexibility index (Phi) is 29.2. The number of carboxylic acids is 1. The van der Waals surface area contributed by atoms with Crippen molar-refractivity contribution < 1.29 is 19.4 Å². The second kappa shape index (κ2) is 30.2. The van der Waals surface area contributed by atoms with Crippen LogP contribution in [-0.2, 0) is 14.3 Å². The van der Waals surface area contributed by atoms with Crippen LogP contribution in [0.5, 0.6) is 0 Å². The molecule has 0 heterocycles. The maximum atomic E-state index is 12.5. The minimum absolute atomic E-state index is 0.0615. The van der Waals surface area contributed by atoms with E-state index in [0.29, 0.717) is 6.42 Å².